The van der Waals surface area contributed by atoms with Crippen molar-refractivity contribution in [3.05, 3.63) is 41.1 Å². The number of rotatable bonds is 6. The predicted octanol–water partition coefficient (Wildman–Crippen LogP) is 3.66. The number of fused-ring (bicyclic) bond motifs is 1. The molecule has 0 amide bonds. The minimum Gasteiger partial charge on any atom is -0.497 e. The molecule has 0 bridgehead atoms. The quantitative estimate of drug-likeness (QED) is 0.530. The van der Waals surface area contributed by atoms with E-state index in [1.54, 1.807) is 7.11 Å². The van der Waals surface area contributed by atoms with Crippen molar-refractivity contribution in [2.24, 2.45) is 0 Å². The van der Waals surface area contributed by atoms with E-state index in [9.17, 15) is 10.1 Å². The molecule has 6 nitrogen and oxygen atoms in total. The molecule has 2 heterocycles. The van der Waals surface area contributed by atoms with E-state index in [-0.39, 0.29) is 17.8 Å². The Morgan fingerprint density at radius 1 is 1.41 bits per heavy atom. The van der Waals surface area contributed by atoms with Gasteiger partial charge in [0.05, 0.1) is 24.5 Å². The number of pyridine rings is 1. The van der Waals surface area contributed by atoms with E-state index >= 15 is 0 Å². The van der Waals surface area contributed by atoms with Crippen molar-refractivity contribution < 1.29 is 14.3 Å². The summed E-state index contributed by atoms with van der Waals surface area (Å²) in [5, 5.41) is 10.6. The molecule has 0 fully saturated rings. The molecule has 152 valence electrons. The summed E-state index contributed by atoms with van der Waals surface area (Å²) in [7, 11) is 3.69. The molecule has 2 aromatic rings. The summed E-state index contributed by atoms with van der Waals surface area (Å²) in [6.07, 6.45) is 0.635. The van der Waals surface area contributed by atoms with Crippen LogP contribution in [0.25, 0.3) is 11.1 Å². The SMILES string of the molecule is COc1cccc(-c2c(C#N)c(SCC(=O)OC(C)C)nc3c2CN(C)CC3)c1. The number of thioether (sulfide) groups is 1. The van der Waals surface area contributed by atoms with Crippen molar-refractivity contribution in [3.8, 4) is 22.9 Å². The standard InChI is InChI=1S/C22H25N3O3S/c1-14(2)28-20(26)13-29-22-17(11-23)21(15-6-5-7-16(10-15)27-4)18-12-25(3)9-8-19(18)24-22/h5-7,10,14H,8-9,12-13H2,1-4H3. The van der Waals surface area contributed by atoms with Gasteiger partial charge in [-0.05, 0) is 44.2 Å². The second kappa shape index (κ2) is 9.29. The molecule has 1 aliphatic rings. The molecule has 3 rings (SSSR count). The lowest BCUT2D eigenvalue weighted by Gasteiger charge is -2.28. The number of nitrogens with zero attached hydrogens (tertiary/aromatic N) is 3. The normalized spacial score (nSPS) is 13.7. The monoisotopic (exact) mass is 411 g/mol. The summed E-state index contributed by atoms with van der Waals surface area (Å²) in [6.45, 7) is 5.27. The van der Waals surface area contributed by atoms with Gasteiger partial charge in [-0.1, -0.05) is 23.9 Å². The molecule has 1 aliphatic heterocycles. The second-order valence-electron chi connectivity index (χ2n) is 7.25. The first-order valence-electron chi connectivity index (χ1n) is 9.54. The Hall–Kier alpha value is -2.56. The van der Waals surface area contributed by atoms with Gasteiger partial charge in [-0.15, -0.1) is 0 Å². The van der Waals surface area contributed by atoms with Crippen molar-refractivity contribution in [2.75, 3.05) is 26.5 Å². The Bertz CT molecular complexity index is 953. The maximum atomic E-state index is 12.0. The van der Waals surface area contributed by atoms with Crippen LogP contribution in [0.5, 0.6) is 5.75 Å². The fourth-order valence-electron chi connectivity index (χ4n) is 3.40. The van der Waals surface area contributed by atoms with Crippen molar-refractivity contribution in [2.45, 2.75) is 37.9 Å². The summed E-state index contributed by atoms with van der Waals surface area (Å²) >= 11 is 1.26. The lowest BCUT2D eigenvalue weighted by Crippen LogP contribution is -2.28. The van der Waals surface area contributed by atoms with E-state index in [1.807, 2.05) is 38.1 Å². The van der Waals surface area contributed by atoms with Gasteiger partial charge >= 0.3 is 5.97 Å². The molecule has 0 N–H and O–H groups in total. The molecule has 1 aromatic carbocycles. The van der Waals surface area contributed by atoms with Crippen molar-refractivity contribution in [1.29, 1.82) is 5.26 Å². The van der Waals surface area contributed by atoms with E-state index in [0.29, 0.717) is 10.6 Å². The van der Waals surface area contributed by atoms with E-state index in [0.717, 1.165) is 47.6 Å². The predicted molar refractivity (Wildman–Crippen MR) is 113 cm³/mol. The van der Waals surface area contributed by atoms with Crippen LogP contribution in [0.1, 0.15) is 30.7 Å². The zero-order valence-electron chi connectivity index (χ0n) is 17.2. The van der Waals surface area contributed by atoms with Crippen LogP contribution in [0.4, 0.5) is 0 Å². The van der Waals surface area contributed by atoms with Crippen LogP contribution in [-0.2, 0) is 22.5 Å². The summed E-state index contributed by atoms with van der Waals surface area (Å²) < 4.78 is 10.6. The minimum absolute atomic E-state index is 0.121. The number of ether oxygens (including phenoxy) is 2. The Balaban J connectivity index is 2.09. The second-order valence-corrected chi connectivity index (χ2v) is 8.22. The summed E-state index contributed by atoms with van der Waals surface area (Å²) in [5.41, 5.74) is 4.34. The summed E-state index contributed by atoms with van der Waals surface area (Å²) in [5.74, 6) is 0.544. The number of nitriles is 1. The van der Waals surface area contributed by atoms with Crippen LogP contribution in [0.3, 0.4) is 0 Å². The van der Waals surface area contributed by atoms with Crippen molar-refractivity contribution >= 4 is 17.7 Å². The van der Waals surface area contributed by atoms with E-state index in [1.165, 1.54) is 11.8 Å². The number of benzene rings is 1. The fraction of sp³-hybridized carbons (Fsp3) is 0.409. The van der Waals surface area contributed by atoms with Crippen LogP contribution in [-0.4, -0.2) is 48.4 Å². The molecule has 0 saturated carbocycles. The number of hydrogen-bond acceptors (Lipinski definition) is 7. The van der Waals surface area contributed by atoms with Crippen LogP contribution < -0.4 is 4.74 Å². The van der Waals surface area contributed by atoms with Gasteiger partial charge in [-0.2, -0.15) is 5.26 Å². The van der Waals surface area contributed by atoms with E-state index in [4.69, 9.17) is 14.5 Å². The lowest BCUT2D eigenvalue weighted by molar-refractivity contribution is -0.144. The number of hydrogen-bond donors (Lipinski definition) is 0. The van der Waals surface area contributed by atoms with Crippen LogP contribution in [0.2, 0.25) is 0 Å². The molecule has 0 unspecified atom stereocenters. The van der Waals surface area contributed by atoms with Gasteiger partial charge in [0.15, 0.2) is 0 Å². The van der Waals surface area contributed by atoms with Gasteiger partial charge in [0.25, 0.3) is 0 Å². The van der Waals surface area contributed by atoms with Crippen LogP contribution in [0.15, 0.2) is 29.3 Å². The summed E-state index contributed by atoms with van der Waals surface area (Å²) in [6, 6.07) is 10.1. The smallest absolute Gasteiger partial charge is 0.316 e. The Morgan fingerprint density at radius 2 is 2.21 bits per heavy atom. The van der Waals surface area contributed by atoms with Gasteiger partial charge in [-0.3, -0.25) is 4.79 Å². The van der Waals surface area contributed by atoms with Crippen molar-refractivity contribution in [3.63, 3.8) is 0 Å². The third-order valence-corrected chi connectivity index (χ3v) is 5.62. The maximum Gasteiger partial charge on any atom is 0.316 e. The molecular formula is C22H25N3O3S. The third-order valence-electron chi connectivity index (χ3n) is 4.67. The average Bonchev–Trinajstić information content (AvgIpc) is 2.70. The Morgan fingerprint density at radius 3 is 2.90 bits per heavy atom. The maximum absolute atomic E-state index is 12.0. The Kier molecular flexibility index (Phi) is 6.78. The Labute approximate surface area is 175 Å². The molecule has 1 aromatic heterocycles. The largest absolute Gasteiger partial charge is 0.497 e. The summed E-state index contributed by atoms with van der Waals surface area (Å²) in [4.78, 5) is 19.0. The molecule has 0 aliphatic carbocycles. The van der Waals surface area contributed by atoms with Crippen LogP contribution >= 0.6 is 11.8 Å². The number of aromatic nitrogens is 1. The molecule has 0 atom stereocenters. The molecular weight excluding hydrogens is 386 g/mol. The molecule has 0 spiro atoms. The van der Waals surface area contributed by atoms with Gasteiger partial charge in [-0.25, -0.2) is 4.98 Å². The first kappa shape index (κ1) is 21.2. The average molecular weight is 412 g/mol. The molecule has 29 heavy (non-hydrogen) atoms. The van der Waals surface area contributed by atoms with Gasteiger partial charge in [0.2, 0.25) is 0 Å². The van der Waals surface area contributed by atoms with Crippen LogP contribution in [0, 0.1) is 11.3 Å². The number of carbonyl (C=O) groups excluding carboxylic acids is 1. The first-order valence-corrected chi connectivity index (χ1v) is 10.5. The van der Waals surface area contributed by atoms with E-state index < -0.39 is 0 Å². The van der Waals surface area contributed by atoms with Gasteiger partial charge in [0.1, 0.15) is 16.8 Å². The zero-order chi connectivity index (χ0) is 21.0. The highest BCUT2D eigenvalue weighted by Crippen LogP contribution is 2.38. The number of methoxy groups -OCH3 is 1. The molecule has 7 heteroatoms. The number of carbonyl (C=O) groups is 1. The van der Waals surface area contributed by atoms with Gasteiger partial charge < -0.3 is 14.4 Å². The minimum atomic E-state index is -0.309. The third kappa shape index (κ3) is 4.89. The molecule has 0 radical (unpaired) electrons. The van der Waals surface area contributed by atoms with Gasteiger partial charge in [0, 0.05) is 30.8 Å². The topological polar surface area (TPSA) is 75.4 Å². The molecule has 0 saturated heterocycles. The highest BCUT2D eigenvalue weighted by Gasteiger charge is 2.25. The van der Waals surface area contributed by atoms with Crippen molar-refractivity contribution in [1.82, 2.24) is 9.88 Å². The van der Waals surface area contributed by atoms with E-state index in [2.05, 4.69) is 18.0 Å². The first-order chi connectivity index (χ1) is 13.9. The zero-order valence-corrected chi connectivity index (χ0v) is 18.0. The fourth-order valence-corrected chi connectivity index (χ4v) is 4.19. The highest BCUT2D eigenvalue weighted by molar-refractivity contribution is 7.99. The number of esters is 1. The number of likely N-dealkylation sites (N-methyl/N-ethyl adjacent to an activating group) is 1. The highest BCUT2D eigenvalue weighted by atomic mass is 32.2. The lowest BCUT2D eigenvalue weighted by atomic mass is 9.91.